The summed E-state index contributed by atoms with van der Waals surface area (Å²) >= 11 is 0. The van der Waals surface area contributed by atoms with Gasteiger partial charge in [-0.1, -0.05) is 6.92 Å². The lowest BCUT2D eigenvalue weighted by Gasteiger charge is -2.14. The van der Waals surface area contributed by atoms with Crippen LogP contribution < -0.4 is 37.9 Å². The Morgan fingerprint density at radius 1 is 1.10 bits per heavy atom. The maximum absolute atomic E-state index is 14.8. The molecule has 0 saturated carbocycles. The number of nitrogens with two attached hydrogens (primary N) is 3. The van der Waals surface area contributed by atoms with E-state index in [9.17, 15) is 27.2 Å². The molecule has 0 aliphatic heterocycles. The predicted octanol–water partition coefficient (Wildman–Crippen LogP) is 2.51. The van der Waals surface area contributed by atoms with E-state index in [4.69, 9.17) is 27.1 Å². The van der Waals surface area contributed by atoms with Crippen molar-refractivity contribution in [3.63, 3.8) is 0 Å². The number of carbonyl (C=O) groups is 3. The third-order valence-electron chi connectivity index (χ3n) is 6.97. The highest BCUT2D eigenvalue weighted by Gasteiger charge is 2.21. The summed E-state index contributed by atoms with van der Waals surface area (Å²) in [6.07, 6.45) is 5.66. The van der Waals surface area contributed by atoms with Gasteiger partial charge in [0.2, 0.25) is 11.7 Å². The number of imidazole rings is 1. The zero-order valence-corrected chi connectivity index (χ0v) is 26.7. The molecular formula is C31H36F4N10O5. The second-order valence-corrected chi connectivity index (χ2v) is 10.3. The van der Waals surface area contributed by atoms with Gasteiger partial charge in [0.1, 0.15) is 0 Å². The minimum absolute atomic E-state index is 0.0262. The molecule has 2 heterocycles. The first-order valence-corrected chi connectivity index (χ1v) is 15.0. The summed E-state index contributed by atoms with van der Waals surface area (Å²) in [4.78, 5) is 45.9. The summed E-state index contributed by atoms with van der Waals surface area (Å²) in [5.41, 5.74) is 18.3. The first-order chi connectivity index (χ1) is 23.9. The number of aromatic nitrogens is 3. The third-order valence-corrected chi connectivity index (χ3v) is 6.97. The molecule has 4 rings (SSSR count). The van der Waals surface area contributed by atoms with Crippen LogP contribution in [0.15, 0.2) is 53.9 Å². The molecule has 0 saturated heterocycles. The first-order valence-electron chi connectivity index (χ1n) is 15.0. The maximum atomic E-state index is 14.8. The van der Waals surface area contributed by atoms with Crippen molar-refractivity contribution in [1.29, 1.82) is 0 Å². The zero-order valence-electron chi connectivity index (χ0n) is 26.7. The van der Waals surface area contributed by atoms with Crippen molar-refractivity contribution >= 4 is 41.4 Å². The van der Waals surface area contributed by atoms with Crippen molar-refractivity contribution in [2.24, 2.45) is 22.2 Å². The van der Waals surface area contributed by atoms with Crippen molar-refractivity contribution in [3.8, 4) is 17.0 Å². The van der Waals surface area contributed by atoms with Crippen LogP contribution >= 0.6 is 0 Å². The van der Waals surface area contributed by atoms with Crippen molar-refractivity contribution in [3.05, 3.63) is 71.7 Å². The Labute approximate surface area is 282 Å². The summed E-state index contributed by atoms with van der Waals surface area (Å²) in [7, 11) is 0. The number of amides is 2. The number of benzene rings is 2. The van der Waals surface area contributed by atoms with Crippen LogP contribution in [-0.2, 0) is 16.0 Å². The number of rotatable bonds is 15. The molecule has 10 N–H and O–H groups in total. The molecule has 0 spiro atoms. The monoisotopic (exact) mass is 704 g/mol. The van der Waals surface area contributed by atoms with Crippen LogP contribution in [0.4, 0.5) is 29.1 Å². The molecule has 2 amide bonds. The SMILES string of the molecule is CCc1cc(Nc2nccn3c(-c4ccc(OC(F)F)c(F)c4F)cnc23)ccc1C(=O)NCCNC(=O)[C@H](N)CCCN=C(N)N.O=CO. The number of hydrogen-bond acceptors (Lipinski definition) is 9. The maximum Gasteiger partial charge on any atom is 0.387 e. The van der Waals surface area contributed by atoms with E-state index >= 15 is 0 Å². The van der Waals surface area contributed by atoms with Crippen LogP contribution in [0.1, 0.15) is 35.7 Å². The minimum atomic E-state index is -3.31. The molecule has 15 nitrogen and oxygen atoms in total. The topological polar surface area (TPSA) is 237 Å². The molecule has 0 fully saturated rings. The molecule has 0 aliphatic carbocycles. The standard InChI is InChI=1S/C30H34F4N10O3.CH2O2/c1-2-16-14-17(5-6-18(16)27(45)39-10-11-40-28(46)20(35)4-3-9-41-30(36)37)43-25-26-42-15-21(44(26)13-12-38-25)19-7-8-22(47-29(33)34)24(32)23(19)31;2-1-3/h5-8,12-15,20,29H,2-4,9-11,35H2,1H3,(H,38,43)(H,39,45)(H,40,46)(H4,36,37,41);1H,(H,2,3)/t20-;/m1./s1. The van der Waals surface area contributed by atoms with Crippen LogP contribution in [0.25, 0.3) is 16.9 Å². The van der Waals surface area contributed by atoms with Gasteiger partial charge in [-0.2, -0.15) is 13.2 Å². The average molecular weight is 705 g/mol. The summed E-state index contributed by atoms with van der Waals surface area (Å²) in [6, 6.07) is 6.38. The number of halogens is 4. The molecule has 0 radical (unpaired) electrons. The van der Waals surface area contributed by atoms with Gasteiger partial charge in [-0.15, -0.1) is 0 Å². The molecule has 0 unspecified atom stereocenters. The normalized spacial score (nSPS) is 11.3. The Morgan fingerprint density at radius 2 is 1.82 bits per heavy atom. The lowest BCUT2D eigenvalue weighted by Crippen LogP contribution is -2.43. The molecule has 1 atom stereocenters. The number of ether oxygens (including phenoxy) is 1. The van der Waals surface area contributed by atoms with E-state index in [1.54, 1.807) is 18.2 Å². The Bertz CT molecular complexity index is 1820. The summed E-state index contributed by atoms with van der Waals surface area (Å²) in [5.74, 6) is -4.27. The van der Waals surface area contributed by atoms with Crippen molar-refractivity contribution < 1.29 is 41.8 Å². The fraction of sp³-hybridized carbons (Fsp3) is 0.290. The van der Waals surface area contributed by atoms with E-state index in [-0.39, 0.29) is 60.1 Å². The zero-order chi connectivity index (χ0) is 36.8. The highest BCUT2D eigenvalue weighted by atomic mass is 19.3. The van der Waals surface area contributed by atoms with E-state index in [1.807, 2.05) is 6.92 Å². The van der Waals surface area contributed by atoms with Crippen molar-refractivity contribution in [1.82, 2.24) is 25.0 Å². The van der Waals surface area contributed by atoms with Crippen LogP contribution in [-0.4, -0.2) is 76.0 Å². The molecule has 2 aromatic heterocycles. The Kier molecular flexibility index (Phi) is 14.3. The van der Waals surface area contributed by atoms with E-state index < -0.39 is 30.0 Å². The molecule has 50 heavy (non-hydrogen) atoms. The average Bonchev–Trinajstić information content (AvgIpc) is 3.52. The third kappa shape index (κ3) is 10.3. The predicted molar refractivity (Wildman–Crippen MR) is 176 cm³/mol. The Morgan fingerprint density at radius 3 is 2.50 bits per heavy atom. The van der Waals surface area contributed by atoms with Crippen molar-refractivity contribution in [2.45, 2.75) is 38.8 Å². The number of nitrogens with zero attached hydrogens (tertiary/aromatic N) is 4. The van der Waals surface area contributed by atoms with E-state index in [1.165, 1.54) is 23.0 Å². The van der Waals surface area contributed by atoms with E-state index in [2.05, 4.69) is 35.6 Å². The van der Waals surface area contributed by atoms with Gasteiger partial charge < -0.3 is 43.0 Å². The molecule has 0 aliphatic rings. The van der Waals surface area contributed by atoms with Gasteiger partial charge in [-0.05, 0) is 55.2 Å². The van der Waals surface area contributed by atoms with Gasteiger partial charge in [0.05, 0.1) is 17.9 Å². The number of aliphatic imine (C=N–C) groups is 1. The fourth-order valence-electron chi connectivity index (χ4n) is 4.68. The van der Waals surface area contributed by atoms with Crippen LogP contribution in [0.5, 0.6) is 5.75 Å². The van der Waals surface area contributed by atoms with Gasteiger partial charge in [0, 0.05) is 48.8 Å². The molecular weight excluding hydrogens is 668 g/mol. The number of guanidine groups is 1. The van der Waals surface area contributed by atoms with Gasteiger partial charge in [-0.25, -0.2) is 14.4 Å². The van der Waals surface area contributed by atoms with E-state index in [0.717, 1.165) is 17.7 Å². The minimum Gasteiger partial charge on any atom is -0.483 e. The molecule has 0 bridgehead atoms. The summed E-state index contributed by atoms with van der Waals surface area (Å²) in [5, 5.41) is 15.5. The molecule has 2 aromatic carbocycles. The van der Waals surface area contributed by atoms with Crippen LogP contribution in [0, 0.1) is 11.6 Å². The molecule has 268 valence electrons. The first kappa shape index (κ1) is 38.5. The molecule has 4 aromatic rings. The fourth-order valence-corrected chi connectivity index (χ4v) is 4.68. The highest BCUT2D eigenvalue weighted by molar-refractivity contribution is 5.96. The van der Waals surface area contributed by atoms with Crippen LogP contribution in [0.3, 0.4) is 0 Å². The van der Waals surface area contributed by atoms with Gasteiger partial charge in [0.15, 0.2) is 29.0 Å². The number of anilines is 2. The van der Waals surface area contributed by atoms with Gasteiger partial charge >= 0.3 is 6.61 Å². The molecule has 19 heteroatoms. The Hall–Kier alpha value is -5.98. The highest BCUT2D eigenvalue weighted by Crippen LogP contribution is 2.32. The lowest BCUT2D eigenvalue weighted by molar-refractivity contribution is -0.123. The summed E-state index contributed by atoms with van der Waals surface area (Å²) in [6.45, 7) is -0.954. The second kappa shape index (κ2) is 18.5. The number of carbonyl (C=O) groups excluding carboxylic acids is 2. The number of carboxylic acid groups (broad SMARTS) is 1. The summed E-state index contributed by atoms with van der Waals surface area (Å²) < 4.78 is 59.8. The largest absolute Gasteiger partial charge is 0.483 e. The number of alkyl halides is 2. The lowest BCUT2D eigenvalue weighted by atomic mass is 10.0. The number of hydrogen-bond donors (Lipinski definition) is 7. The van der Waals surface area contributed by atoms with Gasteiger partial charge in [0.25, 0.3) is 12.4 Å². The number of aryl methyl sites for hydroxylation is 1. The van der Waals surface area contributed by atoms with Crippen molar-refractivity contribution in [2.75, 3.05) is 25.0 Å². The second-order valence-electron chi connectivity index (χ2n) is 10.3. The van der Waals surface area contributed by atoms with Gasteiger partial charge in [-0.3, -0.25) is 23.8 Å². The van der Waals surface area contributed by atoms with Crippen LogP contribution in [0.2, 0.25) is 0 Å². The Balaban J connectivity index is 0.00000217. The van der Waals surface area contributed by atoms with E-state index in [0.29, 0.717) is 37.1 Å². The number of fused-ring (bicyclic) bond motifs is 1. The number of nitrogens with one attached hydrogen (secondary N) is 3. The smallest absolute Gasteiger partial charge is 0.387 e. The quantitative estimate of drug-likeness (QED) is 0.0312.